The highest BCUT2D eigenvalue weighted by Gasteiger charge is 2.24. The number of imide groups is 1. The van der Waals surface area contributed by atoms with Gasteiger partial charge in [-0.05, 0) is 43.9 Å². The van der Waals surface area contributed by atoms with Crippen LogP contribution in [0.1, 0.15) is 37.4 Å². The number of hydrogen-bond acceptors (Lipinski definition) is 4. The fraction of sp³-hybridized carbons (Fsp3) is 0.467. The van der Waals surface area contributed by atoms with E-state index in [1.54, 1.807) is 13.8 Å². The Kier molecular flexibility index (Phi) is 4.80. The van der Waals surface area contributed by atoms with Crippen molar-refractivity contribution in [3.63, 3.8) is 0 Å². The minimum atomic E-state index is -0.754. The molecule has 6 heteroatoms. The van der Waals surface area contributed by atoms with Crippen LogP contribution >= 0.6 is 0 Å². The van der Waals surface area contributed by atoms with Crippen LogP contribution in [0.25, 0.3) is 0 Å². The molecule has 0 fully saturated rings. The van der Waals surface area contributed by atoms with Gasteiger partial charge in [-0.15, -0.1) is 0 Å². The van der Waals surface area contributed by atoms with E-state index in [-0.39, 0.29) is 6.04 Å². The summed E-state index contributed by atoms with van der Waals surface area (Å²) >= 11 is 0. The molecular weight excluding hydrogens is 270 g/mol. The molecule has 1 aliphatic carbocycles. The van der Waals surface area contributed by atoms with Gasteiger partial charge < -0.3 is 15.8 Å². The molecule has 4 N–H and O–H groups in total. The summed E-state index contributed by atoms with van der Waals surface area (Å²) < 4.78 is 5.70. The van der Waals surface area contributed by atoms with Gasteiger partial charge in [0.25, 0.3) is 5.91 Å². The molecule has 2 rings (SSSR count). The Morgan fingerprint density at radius 1 is 1.48 bits per heavy atom. The van der Waals surface area contributed by atoms with E-state index >= 15 is 0 Å². The zero-order chi connectivity index (χ0) is 15.4. The van der Waals surface area contributed by atoms with E-state index in [2.05, 4.69) is 10.6 Å². The van der Waals surface area contributed by atoms with Crippen LogP contribution in [0.4, 0.5) is 4.79 Å². The van der Waals surface area contributed by atoms with Crippen molar-refractivity contribution in [2.45, 2.75) is 38.8 Å². The van der Waals surface area contributed by atoms with E-state index in [9.17, 15) is 9.59 Å². The fourth-order valence-electron chi connectivity index (χ4n) is 2.43. The molecule has 0 saturated carbocycles. The lowest BCUT2D eigenvalue weighted by molar-refractivity contribution is -0.126. The summed E-state index contributed by atoms with van der Waals surface area (Å²) in [7, 11) is 0. The van der Waals surface area contributed by atoms with E-state index in [1.807, 2.05) is 18.2 Å². The van der Waals surface area contributed by atoms with Crippen molar-refractivity contribution in [2.24, 2.45) is 5.73 Å². The van der Waals surface area contributed by atoms with E-state index < -0.39 is 18.0 Å². The van der Waals surface area contributed by atoms with Crippen molar-refractivity contribution in [3.05, 3.63) is 29.3 Å². The first-order valence-electron chi connectivity index (χ1n) is 7.15. The van der Waals surface area contributed by atoms with Gasteiger partial charge in [0.15, 0.2) is 6.10 Å². The summed E-state index contributed by atoms with van der Waals surface area (Å²) in [6, 6.07) is 5.20. The highest BCUT2D eigenvalue weighted by Crippen LogP contribution is 2.35. The van der Waals surface area contributed by atoms with Gasteiger partial charge in [-0.1, -0.05) is 12.1 Å². The standard InChI is InChI=1S/C15H21N3O3/c1-3-17-15(20)18-14(19)9(2)21-13-6-4-5-10-11(13)7-8-12(10)16/h4-6,9,12H,3,7-8,16H2,1-2H3,(H2,17,18,19,20). The maximum Gasteiger partial charge on any atom is 0.321 e. The molecule has 2 unspecified atom stereocenters. The molecule has 0 heterocycles. The summed E-state index contributed by atoms with van der Waals surface area (Å²) in [5, 5.41) is 4.74. The number of ether oxygens (including phenoxy) is 1. The van der Waals surface area contributed by atoms with E-state index in [1.165, 1.54) is 0 Å². The molecule has 1 aromatic carbocycles. The van der Waals surface area contributed by atoms with Crippen LogP contribution in [-0.4, -0.2) is 24.6 Å². The van der Waals surface area contributed by atoms with Gasteiger partial charge >= 0.3 is 6.03 Å². The van der Waals surface area contributed by atoms with Gasteiger partial charge in [0, 0.05) is 12.6 Å². The van der Waals surface area contributed by atoms with Crippen molar-refractivity contribution >= 4 is 11.9 Å². The Labute approximate surface area is 124 Å². The number of nitrogens with one attached hydrogen (secondary N) is 2. The number of nitrogens with two attached hydrogens (primary N) is 1. The number of amides is 3. The van der Waals surface area contributed by atoms with Gasteiger partial charge in [-0.3, -0.25) is 10.1 Å². The molecule has 1 aliphatic rings. The molecule has 2 atom stereocenters. The Morgan fingerprint density at radius 3 is 2.95 bits per heavy atom. The van der Waals surface area contributed by atoms with Gasteiger partial charge in [-0.25, -0.2) is 4.79 Å². The van der Waals surface area contributed by atoms with Crippen LogP contribution in [-0.2, 0) is 11.2 Å². The van der Waals surface area contributed by atoms with Crippen LogP contribution in [0.2, 0.25) is 0 Å². The topological polar surface area (TPSA) is 93.5 Å². The molecule has 6 nitrogen and oxygen atoms in total. The van der Waals surface area contributed by atoms with Crippen molar-refractivity contribution in [3.8, 4) is 5.75 Å². The van der Waals surface area contributed by atoms with Crippen LogP contribution < -0.4 is 21.1 Å². The van der Waals surface area contributed by atoms with E-state index in [0.29, 0.717) is 12.3 Å². The van der Waals surface area contributed by atoms with Crippen LogP contribution in [0.15, 0.2) is 18.2 Å². The number of fused-ring (bicyclic) bond motifs is 1. The Hall–Kier alpha value is -2.08. The third-order valence-electron chi connectivity index (χ3n) is 3.52. The average Bonchev–Trinajstić information content (AvgIpc) is 2.82. The smallest absolute Gasteiger partial charge is 0.321 e. The summed E-state index contributed by atoms with van der Waals surface area (Å²) in [5.74, 6) is 0.194. The second kappa shape index (κ2) is 6.58. The summed E-state index contributed by atoms with van der Waals surface area (Å²) in [4.78, 5) is 23.2. The molecule has 114 valence electrons. The number of carbonyl (C=O) groups excluding carboxylic acids is 2. The first kappa shape index (κ1) is 15.3. The average molecular weight is 291 g/mol. The lowest BCUT2D eigenvalue weighted by atomic mass is 10.1. The van der Waals surface area contributed by atoms with Crippen LogP contribution in [0.3, 0.4) is 0 Å². The zero-order valence-electron chi connectivity index (χ0n) is 12.3. The van der Waals surface area contributed by atoms with Crippen molar-refractivity contribution in [1.29, 1.82) is 0 Å². The predicted octanol–water partition coefficient (Wildman–Crippen LogP) is 1.25. The second-order valence-corrected chi connectivity index (χ2v) is 5.08. The second-order valence-electron chi connectivity index (χ2n) is 5.08. The molecule has 0 aliphatic heterocycles. The third kappa shape index (κ3) is 3.52. The maximum atomic E-state index is 11.9. The van der Waals surface area contributed by atoms with Crippen LogP contribution in [0, 0.1) is 0 Å². The summed E-state index contributed by atoms with van der Waals surface area (Å²) in [5.41, 5.74) is 8.15. The number of hydrogen-bond donors (Lipinski definition) is 3. The Bertz CT molecular complexity index is 545. The monoisotopic (exact) mass is 291 g/mol. The Balaban J connectivity index is 2.02. The Morgan fingerprint density at radius 2 is 2.24 bits per heavy atom. The van der Waals surface area contributed by atoms with Crippen molar-refractivity contribution < 1.29 is 14.3 Å². The van der Waals surface area contributed by atoms with Gasteiger partial charge in [0.05, 0.1) is 0 Å². The molecule has 1 aromatic rings. The zero-order valence-corrected chi connectivity index (χ0v) is 12.3. The number of benzene rings is 1. The highest BCUT2D eigenvalue weighted by molar-refractivity contribution is 5.96. The molecule has 0 spiro atoms. The predicted molar refractivity (Wildman–Crippen MR) is 79.0 cm³/mol. The third-order valence-corrected chi connectivity index (χ3v) is 3.52. The van der Waals surface area contributed by atoms with Crippen molar-refractivity contribution in [2.75, 3.05) is 6.54 Å². The van der Waals surface area contributed by atoms with Gasteiger partial charge in [0.1, 0.15) is 5.75 Å². The molecule has 0 aromatic heterocycles. The number of urea groups is 1. The first-order chi connectivity index (χ1) is 10.0. The molecule has 0 saturated heterocycles. The first-order valence-corrected chi connectivity index (χ1v) is 7.15. The van der Waals surface area contributed by atoms with Gasteiger partial charge in [0.2, 0.25) is 0 Å². The normalized spacial score (nSPS) is 17.8. The lowest BCUT2D eigenvalue weighted by Crippen LogP contribution is -2.45. The van der Waals surface area contributed by atoms with E-state index in [4.69, 9.17) is 10.5 Å². The summed E-state index contributed by atoms with van der Waals surface area (Å²) in [6.07, 6.45) is 0.975. The number of rotatable bonds is 4. The van der Waals surface area contributed by atoms with Gasteiger partial charge in [-0.2, -0.15) is 0 Å². The van der Waals surface area contributed by atoms with Crippen LogP contribution in [0.5, 0.6) is 5.75 Å². The molecule has 0 bridgehead atoms. The number of carbonyl (C=O) groups is 2. The molecular formula is C15H21N3O3. The van der Waals surface area contributed by atoms with E-state index in [0.717, 1.165) is 24.0 Å². The molecule has 3 amide bonds. The highest BCUT2D eigenvalue weighted by atomic mass is 16.5. The lowest BCUT2D eigenvalue weighted by Gasteiger charge is -2.17. The largest absolute Gasteiger partial charge is 0.481 e. The summed E-state index contributed by atoms with van der Waals surface area (Å²) in [6.45, 7) is 3.85. The SMILES string of the molecule is CCNC(=O)NC(=O)C(C)Oc1cccc2c1CCC2N. The molecule has 0 radical (unpaired) electrons. The minimum absolute atomic E-state index is 0.0306. The molecule has 21 heavy (non-hydrogen) atoms. The maximum absolute atomic E-state index is 11.9. The quantitative estimate of drug-likeness (QED) is 0.778. The fourth-order valence-corrected chi connectivity index (χ4v) is 2.43. The minimum Gasteiger partial charge on any atom is -0.481 e. The van der Waals surface area contributed by atoms with Crippen molar-refractivity contribution in [1.82, 2.24) is 10.6 Å².